The third kappa shape index (κ3) is 3.50. The molecule has 3 rings (SSSR count). The molecule has 0 unspecified atom stereocenters. The SMILES string of the molecule is Cc1nn(-c2ccccc2)c(C)c1NC(=O)C1CCN(C(N)=O)CC1. The van der Waals surface area contributed by atoms with Crippen molar-refractivity contribution in [1.82, 2.24) is 14.7 Å². The van der Waals surface area contributed by atoms with E-state index >= 15 is 0 Å². The molecule has 0 spiro atoms. The second-order valence-corrected chi connectivity index (χ2v) is 6.38. The van der Waals surface area contributed by atoms with Gasteiger partial charge in [-0.15, -0.1) is 0 Å². The van der Waals surface area contributed by atoms with Gasteiger partial charge in [0.05, 0.1) is 22.8 Å². The number of hydrogen-bond donors (Lipinski definition) is 2. The van der Waals surface area contributed by atoms with Crippen molar-refractivity contribution in [2.24, 2.45) is 11.7 Å². The summed E-state index contributed by atoms with van der Waals surface area (Å²) in [5, 5.41) is 7.57. The van der Waals surface area contributed by atoms with Crippen molar-refractivity contribution in [2.75, 3.05) is 18.4 Å². The van der Waals surface area contributed by atoms with Gasteiger partial charge in [-0.3, -0.25) is 4.79 Å². The predicted molar refractivity (Wildman–Crippen MR) is 95.5 cm³/mol. The third-order valence-electron chi connectivity index (χ3n) is 4.72. The molecule has 1 aromatic carbocycles. The highest BCUT2D eigenvalue weighted by molar-refractivity contribution is 5.94. The van der Waals surface area contributed by atoms with E-state index in [1.807, 2.05) is 48.9 Å². The fourth-order valence-corrected chi connectivity index (χ4v) is 3.23. The van der Waals surface area contributed by atoms with Gasteiger partial charge in [-0.05, 0) is 38.8 Å². The van der Waals surface area contributed by atoms with Crippen LogP contribution in [0.1, 0.15) is 24.2 Å². The maximum atomic E-state index is 12.6. The Kier molecular flexibility index (Phi) is 4.74. The normalized spacial score (nSPS) is 15.2. The van der Waals surface area contributed by atoms with E-state index in [0.29, 0.717) is 25.9 Å². The second-order valence-electron chi connectivity index (χ2n) is 6.38. The van der Waals surface area contributed by atoms with Crippen LogP contribution < -0.4 is 11.1 Å². The number of carbonyl (C=O) groups is 2. The van der Waals surface area contributed by atoms with E-state index in [-0.39, 0.29) is 11.8 Å². The number of nitrogens with zero attached hydrogens (tertiary/aromatic N) is 3. The van der Waals surface area contributed by atoms with E-state index < -0.39 is 6.03 Å². The van der Waals surface area contributed by atoms with Crippen molar-refractivity contribution in [1.29, 1.82) is 0 Å². The summed E-state index contributed by atoms with van der Waals surface area (Å²) in [6, 6.07) is 9.40. The number of urea groups is 1. The van der Waals surface area contributed by atoms with Gasteiger partial charge in [0, 0.05) is 19.0 Å². The summed E-state index contributed by atoms with van der Waals surface area (Å²) in [5.41, 5.74) is 8.67. The Morgan fingerprint density at radius 2 is 1.80 bits per heavy atom. The van der Waals surface area contributed by atoms with Crippen molar-refractivity contribution in [2.45, 2.75) is 26.7 Å². The molecule has 7 nitrogen and oxygen atoms in total. The number of anilines is 1. The van der Waals surface area contributed by atoms with Gasteiger partial charge >= 0.3 is 6.03 Å². The molecule has 132 valence electrons. The van der Waals surface area contributed by atoms with Crippen molar-refractivity contribution in [3.05, 3.63) is 41.7 Å². The zero-order valence-electron chi connectivity index (χ0n) is 14.5. The van der Waals surface area contributed by atoms with Gasteiger partial charge in [0.2, 0.25) is 5.91 Å². The molecule has 0 aliphatic carbocycles. The molecule has 0 saturated carbocycles. The van der Waals surface area contributed by atoms with Gasteiger partial charge in [-0.25, -0.2) is 9.48 Å². The van der Waals surface area contributed by atoms with Gasteiger partial charge in [0.15, 0.2) is 0 Å². The summed E-state index contributed by atoms with van der Waals surface area (Å²) in [6.07, 6.45) is 1.25. The van der Waals surface area contributed by atoms with Crippen molar-refractivity contribution >= 4 is 17.6 Å². The first-order valence-electron chi connectivity index (χ1n) is 8.44. The maximum absolute atomic E-state index is 12.6. The Hall–Kier alpha value is -2.83. The molecule has 1 aromatic heterocycles. The summed E-state index contributed by atoms with van der Waals surface area (Å²) in [4.78, 5) is 25.4. The smallest absolute Gasteiger partial charge is 0.314 e. The summed E-state index contributed by atoms with van der Waals surface area (Å²) in [7, 11) is 0. The standard InChI is InChI=1S/C18H23N5O2/c1-12-16(13(2)23(21-12)15-6-4-3-5-7-15)20-17(24)14-8-10-22(11-9-14)18(19)25/h3-7,14H,8-11H2,1-2H3,(H2,19,25)(H,20,24). The Balaban J connectivity index is 1.72. The number of hydrogen-bond acceptors (Lipinski definition) is 3. The Morgan fingerprint density at radius 1 is 1.16 bits per heavy atom. The number of nitrogens with two attached hydrogens (primary N) is 1. The Morgan fingerprint density at radius 3 is 2.40 bits per heavy atom. The van der Waals surface area contributed by atoms with E-state index in [1.54, 1.807) is 4.90 Å². The highest BCUT2D eigenvalue weighted by atomic mass is 16.2. The number of primary amides is 1. The zero-order chi connectivity index (χ0) is 18.0. The fraction of sp³-hybridized carbons (Fsp3) is 0.389. The van der Waals surface area contributed by atoms with Crippen LogP contribution in [0.3, 0.4) is 0 Å². The first-order valence-corrected chi connectivity index (χ1v) is 8.44. The lowest BCUT2D eigenvalue weighted by Gasteiger charge is -2.29. The van der Waals surface area contributed by atoms with Crippen LogP contribution in [0.4, 0.5) is 10.5 Å². The molecule has 25 heavy (non-hydrogen) atoms. The van der Waals surface area contributed by atoms with Crippen LogP contribution in [-0.4, -0.2) is 39.7 Å². The number of para-hydroxylation sites is 1. The largest absolute Gasteiger partial charge is 0.351 e. The van der Waals surface area contributed by atoms with Crippen LogP contribution in [0, 0.1) is 19.8 Å². The van der Waals surface area contributed by atoms with Crippen LogP contribution in [0.5, 0.6) is 0 Å². The number of nitrogens with one attached hydrogen (secondary N) is 1. The van der Waals surface area contributed by atoms with E-state index in [4.69, 9.17) is 5.73 Å². The molecular weight excluding hydrogens is 318 g/mol. The summed E-state index contributed by atoms with van der Waals surface area (Å²) in [5.74, 6) is -0.141. The minimum absolute atomic E-state index is 0.0251. The summed E-state index contributed by atoms with van der Waals surface area (Å²) in [6.45, 7) is 4.87. The minimum Gasteiger partial charge on any atom is -0.351 e. The lowest BCUT2D eigenvalue weighted by atomic mass is 9.96. The number of rotatable bonds is 3. The number of carbonyl (C=O) groups excluding carboxylic acids is 2. The lowest BCUT2D eigenvalue weighted by molar-refractivity contribution is -0.121. The monoisotopic (exact) mass is 341 g/mol. The number of piperidine rings is 1. The van der Waals surface area contributed by atoms with Gasteiger partial charge in [-0.1, -0.05) is 18.2 Å². The number of benzene rings is 1. The highest BCUT2D eigenvalue weighted by Gasteiger charge is 2.27. The molecule has 2 heterocycles. The number of likely N-dealkylation sites (tertiary alicyclic amines) is 1. The fourth-order valence-electron chi connectivity index (χ4n) is 3.23. The van der Waals surface area contributed by atoms with E-state index in [1.165, 1.54) is 0 Å². The van der Waals surface area contributed by atoms with Crippen LogP contribution in [0.25, 0.3) is 5.69 Å². The quantitative estimate of drug-likeness (QED) is 0.896. The summed E-state index contributed by atoms with van der Waals surface area (Å²) >= 11 is 0. The molecule has 1 aliphatic heterocycles. The molecule has 3 N–H and O–H groups in total. The Labute approximate surface area is 146 Å². The van der Waals surface area contributed by atoms with E-state index in [2.05, 4.69) is 10.4 Å². The molecule has 1 fully saturated rings. The third-order valence-corrected chi connectivity index (χ3v) is 4.72. The molecule has 1 saturated heterocycles. The van der Waals surface area contributed by atoms with Crippen molar-refractivity contribution < 1.29 is 9.59 Å². The van der Waals surface area contributed by atoms with Crippen LogP contribution in [0.2, 0.25) is 0 Å². The van der Waals surface area contributed by atoms with Crippen LogP contribution in [0.15, 0.2) is 30.3 Å². The lowest BCUT2D eigenvalue weighted by Crippen LogP contribution is -2.43. The zero-order valence-corrected chi connectivity index (χ0v) is 14.5. The molecule has 1 aliphatic rings. The van der Waals surface area contributed by atoms with Gasteiger partial charge in [0.1, 0.15) is 0 Å². The van der Waals surface area contributed by atoms with Crippen LogP contribution in [-0.2, 0) is 4.79 Å². The highest BCUT2D eigenvalue weighted by Crippen LogP contribution is 2.25. The number of aryl methyl sites for hydroxylation is 1. The maximum Gasteiger partial charge on any atom is 0.314 e. The summed E-state index contributed by atoms with van der Waals surface area (Å²) < 4.78 is 1.83. The van der Waals surface area contributed by atoms with E-state index in [0.717, 1.165) is 22.8 Å². The van der Waals surface area contributed by atoms with Crippen LogP contribution >= 0.6 is 0 Å². The van der Waals surface area contributed by atoms with E-state index in [9.17, 15) is 9.59 Å². The molecule has 7 heteroatoms. The number of aromatic nitrogens is 2. The molecule has 2 aromatic rings. The topological polar surface area (TPSA) is 93.2 Å². The molecule has 0 bridgehead atoms. The molecular formula is C18H23N5O2. The van der Waals surface area contributed by atoms with Gasteiger partial charge in [-0.2, -0.15) is 5.10 Å². The van der Waals surface area contributed by atoms with Gasteiger partial charge in [0.25, 0.3) is 0 Å². The Bertz CT molecular complexity index is 776. The molecule has 0 atom stereocenters. The average Bonchev–Trinajstić information content (AvgIpc) is 2.90. The van der Waals surface area contributed by atoms with Crippen molar-refractivity contribution in [3.8, 4) is 5.69 Å². The first kappa shape index (κ1) is 17.0. The molecule has 0 radical (unpaired) electrons. The number of amides is 3. The minimum atomic E-state index is -0.422. The molecule has 3 amide bonds. The second kappa shape index (κ2) is 6.96. The van der Waals surface area contributed by atoms with Gasteiger partial charge < -0.3 is 16.0 Å². The average molecular weight is 341 g/mol. The van der Waals surface area contributed by atoms with Crippen molar-refractivity contribution in [3.63, 3.8) is 0 Å². The predicted octanol–water partition coefficient (Wildman–Crippen LogP) is 2.22. The first-order chi connectivity index (χ1) is 12.0.